The van der Waals surface area contributed by atoms with Crippen molar-refractivity contribution in [1.29, 1.82) is 0 Å². The van der Waals surface area contributed by atoms with E-state index in [9.17, 15) is 121 Å². The van der Waals surface area contributed by atoms with Gasteiger partial charge in [-0.05, 0) is 228 Å². The molecule has 0 aliphatic heterocycles. The van der Waals surface area contributed by atoms with Gasteiger partial charge in [0.25, 0.3) is 0 Å². The van der Waals surface area contributed by atoms with Crippen LogP contribution in [0.2, 0.25) is 0 Å². The maximum absolute atomic E-state index is 14.9. The molecule has 0 aromatic rings. The maximum Gasteiger partial charge on any atom is 0.326 e. The molecule has 0 saturated heterocycles. The lowest BCUT2D eigenvalue weighted by Crippen LogP contribution is -2.61. The summed E-state index contributed by atoms with van der Waals surface area (Å²) < 4.78 is 0. The van der Waals surface area contributed by atoms with Crippen LogP contribution in [0.1, 0.15) is 291 Å². The molecule has 0 radical (unpaired) electrons. The molecule has 0 fully saturated rings. The largest absolute Gasteiger partial charge is 0.481 e. The van der Waals surface area contributed by atoms with E-state index in [1.54, 1.807) is 96.9 Å². The SMILES string of the molecule is CC(C)C[C@H](NC(=O)[C@H](CCCCN)NC(=O)[C@H](CC(C)C)NC(=O)[C@H](CCC(=O)O)NC(=O)[C@H](CC(C)C)NC(=O)[C@H](CCC(=O)O)NC(=O)[C@H](CC(C)C)NC(=O)[C@H](CCCCN)NC(=O)[C@H](CC(C)C)NC(=O)[C@H](CCCCN)NC(=O)[C@H](CC(C)C)NC(=O)[C@H](CCC(=O)O)NC(=O)[C@H](CC(C)C)NC(=O)[C@H](CCC(=O)O)NC(=O)[C@@H](N)CC(C)C)C(=O)N[C@@H](CCCCN)C(=O)O. The summed E-state index contributed by atoms with van der Waals surface area (Å²) >= 11 is 0. The van der Waals surface area contributed by atoms with Gasteiger partial charge in [0.1, 0.15) is 90.6 Å². The summed E-state index contributed by atoms with van der Waals surface area (Å²) in [6.07, 6.45) is -2.79. The summed E-state index contributed by atoms with van der Waals surface area (Å²) in [4.78, 5) is 277. The first kappa shape index (κ1) is 126. The molecule has 0 aromatic heterocycles. The van der Waals surface area contributed by atoms with Crippen LogP contribution in [0.15, 0.2) is 0 Å². The number of carboxylic acids is 5. The minimum Gasteiger partial charge on any atom is -0.481 e. The van der Waals surface area contributed by atoms with E-state index in [0.29, 0.717) is 45.1 Å². The molecule has 45 nitrogen and oxygen atoms in total. The van der Waals surface area contributed by atoms with Crippen molar-refractivity contribution in [3.63, 3.8) is 0 Å². The van der Waals surface area contributed by atoms with Crippen LogP contribution in [0.25, 0.3) is 0 Å². The smallest absolute Gasteiger partial charge is 0.326 e. The van der Waals surface area contributed by atoms with Crippen LogP contribution < -0.4 is 108 Å². The highest BCUT2D eigenvalue weighted by Crippen LogP contribution is 2.20. The molecule has 0 spiro atoms. The van der Waals surface area contributed by atoms with E-state index in [-0.39, 0.29) is 145 Å². The van der Waals surface area contributed by atoms with E-state index in [1.807, 2.05) is 13.8 Å². The Balaban J connectivity index is 7.58. The average molecular weight is 1950 g/mol. The third kappa shape index (κ3) is 55.4. The van der Waals surface area contributed by atoms with E-state index < -0.39 is 278 Å². The Hall–Kier alpha value is -10.8. The summed E-state index contributed by atoms with van der Waals surface area (Å²) in [5.74, 6) is -23.5. The Labute approximate surface area is 805 Å². The minimum atomic E-state index is -1.78. The highest BCUT2D eigenvalue weighted by molar-refractivity contribution is 6.01. The van der Waals surface area contributed by atoms with Crippen molar-refractivity contribution in [3.8, 4) is 0 Å². The second-order valence-electron chi connectivity index (χ2n) is 38.8. The van der Waals surface area contributed by atoms with Crippen molar-refractivity contribution in [2.45, 2.75) is 387 Å². The van der Waals surface area contributed by atoms with Crippen molar-refractivity contribution < 1.29 is 121 Å². The molecule has 30 N–H and O–H groups in total. The molecule has 0 aliphatic carbocycles. The fourth-order valence-corrected chi connectivity index (χ4v) is 14.8. The van der Waals surface area contributed by atoms with Crippen LogP contribution in [0.5, 0.6) is 0 Å². The van der Waals surface area contributed by atoms with Crippen molar-refractivity contribution >= 4 is 118 Å². The van der Waals surface area contributed by atoms with E-state index in [0.717, 1.165) is 0 Å². The number of carbonyl (C=O) groups excluding carboxylic acids is 15. The number of hydrogen-bond donors (Lipinski definition) is 25. The van der Waals surface area contributed by atoms with Crippen LogP contribution >= 0.6 is 0 Å². The van der Waals surface area contributed by atoms with Gasteiger partial charge in [-0.3, -0.25) is 91.1 Å². The molecule has 137 heavy (non-hydrogen) atoms. The number of nitrogens with one attached hydrogen (secondary N) is 15. The molecular formula is C92H166N20O25. The first-order valence-electron chi connectivity index (χ1n) is 48.3. The second kappa shape index (κ2) is 68.3. The predicted molar refractivity (Wildman–Crippen MR) is 509 cm³/mol. The van der Waals surface area contributed by atoms with Crippen molar-refractivity contribution in [1.82, 2.24) is 79.8 Å². The molecule has 45 heteroatoms. The Kier molecular flexibility index (Phi) is 62.9. The Morgan fingerprint density at radius 2 is 0.314 bits per heavy atom. The third-order valence-electron chi connectivity index (χ3n) is 21.9. The van der Waals surface area contributed by atoms with Gasteiger partial charge in [0, 0.05) is 25.7 Å². The number of hydrogen-bond acceptors (Lipinski definition) is 25. The van der Waals surface area contributed by atoms with Gasteiger partial charge in [-0.2, -0.15) is 0 Å². The summed E-state index contributed by atoms with van der Waals surface area (Å²) in [7, 11) is 0. The number of amides is 15. The average Bonchev–Trinajstić information content (AvgIpc) is 0.847. The molecule has 0 rings (SSSR count). The maximum atomic E-state index is 14.9. The first-order valence-corrected chi connectivity index (χ1v) is 48.3. The Morgan fingerprint density at radius 3 is 0.460 bits per heavy atom. The number of carboxylic acid groups (broad SMARTS) is 5. The number of nitrogens with two attached hydrogens (primary N) is 5. The molecule has 0 heterocycles. The van der Waals surface area contributed by atoms with E-state index >= 15 is 0 Å². The van der Waals surface area contributed by atoms with Crippen LogP contribution in [0.3, 0.4) is 0 Å². The van der Waals surface area contributed by atoms with Gasteiger partial charge in [-0.25, -0.2) is 4.79 Å². The van der Waals surface area contributed by atoms with Gasteiger partial charge in [0.2, 0.25) is 88.6 Å². The quantitative estimate of drug-likeness (QED) is 0.0357. The first-order chi connectivity index (χ1) is 64.1. The van der Waals surface area contributed by atoms with Gasteiger partial charge in [-0.15, -0.1) is 0 Å². The van der Waals surface area contributed by atoms with Crippen LogP contribution in [-0.2, 0) is 95.9 Å². The van der Waals surface area contributed by atoms with Gasteiger partial charge in [0.05, 0.1) is 6.04 Å². The normalized spacial score (nSPS) is 15.0. The number of aliphatic carboxylic acids is 5. The highest BCUT2D eigenvalue weighted by Gasteiger charge is 2.41. The van der Waals surface area contributed by atoms with Crippen molar-refractivity contribution in [3.05, 3.63) is 0 Å². The van der Waals surface area contributed by atoms with Crippen molar-refractivity contribution in [2.75, 3.05) is 26.2 Å². The summed E-state index contributed by atoms with van der Waals surface area (Å²) in [5, 5.41) is 88.1. The topological polar surface area (TPSA) is 753 Å². The number of rotatable bonds is 75. The molecule has 0 unspecified atom stereocenters. The lowest BCUT2D eigenvalue weighted by Gasteiger charge is -2.30. The fourth-order valence-electron chi connectivity index (χ4n) is 14.8. The number of unbranched alkanes of at least 4 members (excludes halogenated alkanes) is 4. The van der Waals surface area contributed by atoms with E-state index in [1.165, 1.54) is 0 Å². The monoisotopic (exact) mass is 1950 g/mol. The zero-order valence-electron chi connectivity index (χ0n) is 83.3. The highest BCUT2D eigenvalue weighted by atomic mass is 16.4. The van der Waals surface area contributed by atoms with Gasteiger partial charge in [0.15, 0.2) is 0 Å². The van der Waals surface area contributed by atoms with Crippen LogP contribution in [0, 0.1) is 47.3 Å². The molecule has 784 valence electrons. The molecule has 15 amide bonds. The lowest BCUT2D eigenvalue weighted by atomic mass is 9.99. The summed E-state index contributed by atoms with van der Waals surface area (Å²) in [6.45, 7) is 28.4. The molecule has 0 bridgehead atoms. The molecule has 0 aliphatic rings. The predicted octanol–water partition coefficient (Wildman–Crippen LogP) is 0.0143. The van der Waals surface area contributed by atoms with E-state index in [2.05, 4.69) is 79.8 Å². The summed E-state index contributed by atoms with van der Waals surface area (Å²) in [6, 6.07) is -23.6. The summed E-state index contributed by atoms with van der Waals surface area (Å²) in [5.41, 5.74) is 29.3. The lowest BCUT2D eigenvalue weighted by molar-refractivity contribution is -0.143. The number of carbonyl (C=O) groups is 20. The Bertz CT molecular complexity index is 3850. The van der Waals surface area contributed by atoms with Crippen LogP contribution in [0.4, 0.5) is 0 Å². The fraction of sp³-hybridized carbons (Fsp3) is 0.783. The zero-order chi connectivity index (χ0) is 105. The second-order valence-corrected chi connectivity index (χ2v) is 38.8. The van der Waals surface area contributed by atoms with Crippen molar-refractivity contribution in [2.24, 2.45) is 76.0 Å². The standard InChI is InChI=1S/C92H166N20O25/c1-49(2)41-57(97)77(121)98-61(29-33-73(113)114)81(125)109-70(46-54(11)12)89(133)103-62(30-34-74(115)116)82(126)110-67(43-51(5)6)86(130)100-58(25-17-21-37-93)78(122)106-66(42-50(3)4)85(129)99-59(26-18-22-38-94)79(123)107-69(45-53(9)10)88(132)102-64(32-36-76(119)120)84(128)112-71(47-55(13)14)90(134)104-63(31-35-75(117)118)83(127)111-68(44-52(7)8)87(131)101-60(27-19-23-39-95)80(124)108-72(48-56(15)16)91(135)105-65(92(136)137)28-20-24-40-96/h49-72H,17-48,93-97H2,1-16H3,(H,98,121)(H,99,129)(H,100,130)(H,101,131)(H,102,132)(H,103,133)(H,104,134)(H,105,135)(H,106,122)(H,107,123)(H,108,124)(H,109,125)(H,110,126)(H,111,127)(H,112,128)(H,113,114)(H,115,116)(H,117,118)(H,119,120)(H,136,137)/t57-,58-,59-,60-,61-,62-,63-,64-,65-,66-,67-,68-,69-,70-,71-,72-/m0/s1. The van der Waals surface area contributed by atoms with Gasteiger partial charge >= 0.3 is 29.8 Å². The molecule has 0 saturated carbocycles. The Morgan fingerprint density at radius 1 is 0.182 bits per heavy atom. The molecule has 0 aromatic carbocycles. The zero-order valence-corrected chi connectivity index (χ0v) is 83.3. The minimum absolute atomic E-state index is 0.0195. The molecular weight excluding hydrogens is 1790 g/mol. The van der Waals surface area contributed by atoms with E-state index in [4.69, 9.17) is 28.7 Å². The molecule has 16 atom stereocenters. The van der Waals surface area contributed by atoms with Gasteiger partial charge < -0.3 is 134 Å². The van der Waals surface area contributed by atoms with Gasteiger partial charge in [-0.1, -0.05) is 111 Å². The third-order valence-corrected chi connectivity index (χ3v) is 21.9. The van der Waals surface area contributed by atoms with Crippen LogP contribution in [-0.4, -0.2) is 267 Å².